The fraction of sp³-hybridized carbons (Fsp3) is 1.00. The maximum atomic E-state index is 13.6. The molecule has 15 heteroatoms. The van der Waals surface area contributed by atoms with Gasteiger partial charge in [-0.3, -0.25) is 0 Å². The second-order valence-electron chi connectivity index (χ2n) is 4.77. The first-order valence-electron chi connectivity index (χ1n) is 6.34. The van der Waals surface area contributed by atoms with Crippen molar-refractivity contribution in [2.75, 3.05) is 6.61 Å². The number of alkyl halides is 13. The molecule has 0 N–H and O–H groups in total. The van der Waals surface area contributed by atoms with Crippen LogP contribution in [-0.2, 0) is 4.43 Å². The summed E-state index contributed by atoms with van der Waals surface area (Å²) in [4.78, 5) is 0. The highest BCUT2D eigenvalue weighted by Gasteiger charge is 2.91. The van der Waals surface area contributed by atoms with E-state index in [9.17, 15) is 57.1 Å². The molecule has 25 heavy (non-hydrogen) atoms. The van der Waals surface area contributed by atoms with E-state index in [-0.39, 0.29) is 0 Å². The topological polar surface area (TPSA) is 9.23 Å². The Kier molecular flexibility index (Phi) is 6.58. The monoisotopic (exact) mass is 422 g/mol. The molecule has 1 nitrogen and oxygen atoms in total. The molecule has 1 unspecified atom stereocenters. The second-order valence-corrected chi connectivity index (χ2v) is 7.62. The Hall–Kier alpha value is -0.733. The van der Waals surface area contributed by atoms with Crippen LogP contribution < -0.4 is 0 Å². The molecule has 0 bridgehead atoms. The van der Waals surface area contributed by atoms with Crippen LogP contribution in [0.5, 0.6) is 0 Å². The van der Waals surface area contributed by atoms with E-state index in [1.807, 2.05) is 0 Å². The Balaban J connectivity index is 6.29. The third-order valence-corrected chi connectivity index (χ3v) is 5.75. The van der Waals surface area contributed by atoms with Gasteiger partial charge >= 0.3 is 35.4 Å². The average Bonchev–Trinajstić information content (AvgIpc) is 2.42. The molecule has 0 aliphatic heterocycles. The molecular formula is C10H11F13OSi. The summed E-state index contributed by atoms with van der Waals surface area (Å²) >= 11 is 0. The molecule has 0 fully saturated rings. The van der Waals surface area contributed by atoms with Crippen LogP contribution in [0.4, 0.5) is 57.1 Å². The predicted molar refractivity (Wildman–Crippen MR) is 60.0 cm³/mol. The largest absolute Gasteiger partial charge is 0.460 e. The number of halogens is 13. The SMILES string of the molecule is CCO[SiH](CC)C(F)(F)C(F)(F)C(F)(F)C(F)(F)C(F)(F)C(F)(F)F. The van der Waals surface area contributed by atoms with Gasteiger partial charge in [-0.15, -0.1) is 0 Å². The van der Waals surface area contributed by atoms with Gasteiger partial charge in [-0.1, -0.05) is 6.92 Å². The van der Waals surface area contributed by atoms with Crippen LogP contribution in [0.25, 0.3) is 0 Å². The third-order valence-electron chi connectivity index (χ3n) is 3.10. The van der Waals surface area contributed by atoms with Gasteiger partial charge in [-0.2, -0.15) is 48.3 Å². The molecule has 0 amide bonds. The van der Waals surface area contributed by atoms with Crippen LogP contribution in [0.2, 0.25) is 6.04 Å². The van der Waals surface area contributed by atoms with Crippen LogP contribution in [0.3, 0.4) is 0 Å². The normalized spacial score (nSPS) is 16.9. The Morgan fingerprint density at radius 3 is 1.24 bits per heavy atom. The highest BCUT2D eigenvalue weighted by Crippen LogP contribution is 2.60. The lowest BCUT2D eigenvalue weighted by molar-refractivity contribution is -0.434. The summed E-state index contributed by atoms with van der Waals surface area (Å²) in [6.45, 7) is 0.989. The van der Waals surface area contributed by atoms with Crippen LogP contribution in [0, 0.1) is 0 Å². The highest BCUT2D eigenvalue weighted by atomic mass is 28.3. The molecule has 152 valence electrons. The van der Waals surface area contributed by atoms with Gasteiger partial charge in [0.25, 0.3) is 9.04 Å². The summed E-state index contributed by atoms with van der Waals surface area (Å²) < 4.78 is 172. The lowest BCUT2D eigenvalue weighted by Gasteiger charge is -2.41. The van der Waals surface area contributed by atoms with E-state index in [4.69, 9.17) is 0 Å². The van der Waals surface area contributed by atoms with Crippen molar-refractivity contribution in [3.05, 3.63) is 0 Å². The molecule has 0 aromatic rings. The fourth-order valence-corrected chi connectivity index (χ4v) is 3.61. The van der Waals surface area contributed by atoms with Crippen molar-refractivity contribution >= 4 is 9.04 Å². The van der Waals surface area contributed by atoms with E-state index in [1.54, 1.807) is 0 Å². The van der Waals surface area contributed by atoms with Crippen LogP contribution in [0.1, 0.15) is 13.8 Å². The summed E-state index contributed by atoms with van der Waals surface area (Å²) in [7, 11) is -4.74. The summed E-state index contributed by atoms with van der Waals surface area (Å²) in [5.74, 6) is -30.5. The van der Waals surface area contributed by atoms with Crippen LogP contribution >= 0.6 is 0 Å². The molecule has 0 aromatic heterocycles. The van der Waals surface area contributed by atoms with Crippen molar-refractivity contribution in [3.63, 3.8) is 0 Å². The zero-order chi connectivity index (χ0) is 20.7. The summed E-state index contributed by atoms with van der Waals surface area (Å²) in [5, 5.41) is 0. The van der Waals surface area contributed by atoms with Gasteiger partial charge in [0, 0.05) is 6.61 Å². The van der Waals surface area contributed by atoms with E-state index in [0.29, 0.717) is 0 Å². The fourth-order valence-electron chi connectivity index (χ4n) is 1.66. The van der Waals surface area contributed by atoms with Crippen LogP contribution in [0.15, 0.2) is 0 Å². The van der Waals surface area contributed by atoms with Crippen molar-refractivity contribution in [2.45, 2.75) is 55.3 Å². The van der Waals surface area contributed by atoms with Gasteiger partial charge in [0.15, 0.2) is 0 Å². The van der Waals surface area contributed by atoms with Crippen molar-refractivity contribution in [3.8, 4) is 0 Å². The van der Waals surface area contributed by atoms with Crippen molar-refractivity contribution in [2.24, 2.45) is 0 Å². The molecule has 0 aromatic carbocycles. The molecular weight excluding hydrogens is 411 g/mol. The first-order chi connectivity index (χ1) is 10.8. The minimum atomic E-state index is -7.86. The molecule has 1 atom stereocenters. The van der Waals surface area contributed by atoms with Crippen LogP contribution in [-0.4, -0.2) is 51.1 Å². The van der Waals surface area contributed by atoms with Gasteiger partial charge in [-0.25, -0.2) is 8.78 Å². The first-order valence-corrected chi connectivity index (χ1v) is 8.21. The van der Waals surface area contributed by atoms with Gasteiger partial charge in [0.05, 0.1) is 0 Å². The Labute approximate surface area is 133 Å². The maximum Gasteiger partial charge on any atom is 0.460 e. The molecule has 0 aliphatic rings. The zero-order valence-corrected chi connectivity index (χ0v) is 13.5. The third kappa shape index (κ3) is 3.45. The Morgan fingerprint density at radius 2 is 0.960 bits per heavy atom. The molecule has 0 saturated carbocycles. The van der Waals surface area contributed by atoms with Gasteiger partial charge in [0.1, 0.15) is 0 Å². The van der Waals surface area contributed by atoms with Gasteiger partial charge < -0.3 is 4.43 Å². The smallest absolute Gasteiger partial charge is 0.413 e. The minimum Gasteiger partial charge on any atom is -0.413 e. The van der Waals surface area contributed by atoms with E-state index in [1.165, 1.54) is 0 Å². The Morgan fingerprint density at radius 1 is 0.600 bits per heavy atom. The van der Waals surface area contributed by atoms with E-state index in [2.05, 4.69) is 4.43 Å². The number of rotatable bonds is 8. The Bertz CT molecular complexity index is 458. The number of hydrogen-bond acceptors (Lipinski definition) is 1. The average molecular weight is 422 g/mol. The molecule has 0 heterocycles. The highest BCUT2D eigenvalue weighted by molar-refractivity contribution is 6.55. The lowest BCUT2D eigenvalue weighted by Crippen LogP contribution is -2.72. The number of hydrogen-bond donors (Lipinski definition) is 0. The molecule has 0 saturated heterocycles. The zero-order valence-electron chi connectivity index (χ0n) is 12.3. The second kappa shape index (κ2) is 6.77. The predicted octanol–water partition coefficient (Wildman–Crippen LogP) is 5.04. The summed E-state index contributed by atoms with van der Waals surface area (Å²) in [5.41, 5.74) is -6.05. The van der Waals surface area contributed by atoms with E-state index >= 15 is 0 Å². The standard InChI is InChI=1S/C10H11F13OSi/c1-3-24-25(4-2)10(22,23)8(17,18)6(13,14)5(11,12)7(15,16)9(19,20)21/h25H,3-4H2,1-2H3. The van der Waals surface area contributed by atoms with Gasteiger partial charge in [0.2, 0.25) is 0 Å². The first kappa shape index (κ1) is 24.3. The minimum absolute atomic E-state index is 0.725. The molecule has 0 aliphatic carbocycles. The molecule has 0 spiro atoms. The van der Waals surface area contributed by atoms with Gasteiger partial charge in [-0.05, 0) is 13.0 Å². The quantitative estimate of drug-likeness (QED) is 0.393. The van der Waals surface area contributed by atoms with Crippen molar-refractivity contribution in [1.82, 2.24) is 0 Å². The summed E-state index contributed by atoms with van der Waals surface area (Å²) in [6.07, 6.45) is -7.40. The van der Waals surface area contributed by atoms with E-state index in [0.717, 1.165) is 13.8 Å². The molecule has 0 radical (unpaired) electrons. The summed E-state index contributed by atoms with van der Waals surface area (Å²) in [6, 6.07) is -1.02. The molecule has 0 rings (SSSR count). The van der Waals surface area contributed by atoms with E-state index < -0.39 is 57.1 Å². The lowest BCUT2D eigenvalue weighted by atomic mass is 9.98. The van der Waals surface area contributed by atoms with Crippen molar-refractivity contribution in [1.29, 1.82) is 0 Å². The van der Waals surface area contributed by atoms with Crippen molar-refractivity contribution < 1.29 is 61.5 Å². The maximum absolute atomic E-state index is 13.6.